The summed E-state index contributed by atoms with van der Waals surface area (Å²) in [6, 6.07) is 0. The summed E-state index contributed by atoms with van der Waals surface area (Å²) in [7, 11) is 0. The first kappa shape index (κ1) is 37.9. The van der Waals surface area contributed by atoms with E-state index in [1.807, 2.05) is 6.92 Å². The van der Waals surface area contributed by atoms with Crippen LogP contribution in [0.2, 0.25) is 0 Å². The van der Waals surface area contributed by atoms with Crippen LogP contribution in [-0.4, -0.2) is 29.3 Å². The van der Waals surface area contributed by atoms with E-state index >= 15 is 0 Å². The van der Waals surface area contributed by atoms with Crippen molar-refractivity contribution in [2.24, 2.45) is 0 Å². The average molecular weight is 538 g/mol. The predicted molar refractivity (Wildman–Crippen MR) is 173 cm³/mol. The van der Waals surface area contributed by atoms with Gasteiger partial charge in [0.2, 0.25) is 0 Å². The minimum Gasteiger partial charge on any atom is -0.379 e. The molecule has 0 saturated heterocycles. The molecule has 0 saturated carbocycles. The molecule has 2 nitrogen and oxygen atoms in total. The highest BCUT2D eigenvalue weighted by Gasteiger charge is 2.09. The van der Waals surface area contributed by atoms with Gasteiger partial charge in [-0.15, -0.1) is 0 Å². The van der Waals surface area contributed by atoms with Crippen LogP contribution in [0.3, 0.4) is 0 Å². The lowest BCUT2D eigenvalue weighted by Crippen LogP contribution is -2.34. The lowest BCUT2D eigenvalue weighted by Gasteiger charge is -2.25. The van der Waals surface area contributed by atoms with Gasteiger partial charge < -0.3 is 5.11 Å². The van der Waals surface area contributed by atoms with Gasteiger partial charge in [-0.05, 0) is 19.8 Å². The minimum absolute atomic E-state index is 0.284. The lowest BCUT2D eigenvalue weighted by atomic mass is 10.0. The molecule has 0 spiro atoms. The molecular weight excluding hydrogens is 462 g/mol. The van der Waals surface area contributed by atoms with Gasteiger partial charge >= 0.3 is 0 Å². The van der Waals surface area contributed by atoms with Gasteiger partial charge in [-0.25, -0.2) is 0 Å². The van der Waals surface area contributed by atoms with Gasteiger partial charge in [0.05, 0.1) is 0 Å². The van der Waals surface area contributed by atoms with Crippen LogP contribution in [0.5, 0.6) is 0 Å². The summed E-state index contributed by atoms with van der Waals surface area (Å²) in [6.45, 7) is 8.71. The number of hydrogen-bond acceptors (Lipinski definition) is 2. The molecule has 0 bridgehead atoms. The smallest absolute Gasteiger partial charge is 0.104 e. The van der Waals surface area contributed by atoms with E-state index in [9.17, 15) is 5.11 Å². The first-order valence-electron chi connectivity index (χ1n) is 18.1. The maximum absolute atomic E-state index is 10.2. The third-order valence-corrected chi connectivity index (χ3v) is 8.63. The Morgan fingerprint density at radius 1 is 0.342 bits per heavy atom. The van der Waals surface area contributed by atoms with Gasteiger partial charge in [-0.1, -0.05) is 194 Å². The Bertz CT molecular complexity index is 376. The van der Waals surface area contributed by atoms with E-state index in [0.717, 1.165) is 13.1 Å². The normalized spacial score (nSPS) is 12.6. The number of hydrogen-bond donors (Lipinski definition) is 1. The van der Waals surface area contributed by atoms with E-state index in [2.05, 4.69) is 18.7 Å². The molecule has 0 amide bonds. The van der Waals surface area contributed by atoms with Gasteiger partial charge in [-0.2, -0.15) is 0 Å². The summed E-state index contributed by atoms with van der Waals surface area (Å²) >= 11 is 0. The minimum atomic E-state index is -0.284. The molecule has 0 heterocycles. The number of aliphatic hydroxyl groups excluding tert-OH is 1. The van der Waals surface area contributed by atoms with Crippen molar-refractivity contribution in [2.75, 3.05) is 13.1 Å². The van der Waals surface area contributed by atoms with Crippen LogP contribution in [0, 0.1) is 0 Å². The van der Waals surface area contributed by atoms with E-state index in [4.69, 9.17) is 0 Å². The first-order valence-corrected chi connectivity index (χ1v) is 18.1. The summed E-state index contributed by atoms with van der Waals surface area (Å²) in [5, 5.41) is 10.2. The van der Waals surface area contributed by atoms with Gasteiger partial charge in [0.25, 0.3) is 0 Å². The second-order valence-corrected chi connectivity index (χ2v) is 12.6. The fourth-order valence-electron chi connectivity index (χ4n) is 5.86. The van der Waals surface area contributed by atoms with Crippen molar-refractivity contribution in [1.82, 2.24) is 4.90 Å². The monoisotopic (exact) mass is 538 g/mol. The second kappa shape index (κ2) is 33.1. The van der Waals surface area contributed by atoms with Crippen molar-refractivity contribution >= 4 is 0 Å². The highest BCUT2D eigenvalue weighted by Crippen LogP contribution is 2.15. The molecule has 0 aromatic carbocycles. The molecule has 0 radical (unpaired) electrons. The van der Waals surface area contributed by atoms with E-state index in [0.29, 0.717) is 0 Å². The molecule has 0 rings (SSSR count). The van der Waals surface area contributed by atoms with Crippen LogP contribution < -0.4 is 0 Å². The van der Waals surface area contributed by atoms with Gasteiger partial charge in [-0.3, -0.25) is 4.90 Å². The Kier molecular flexibility index (Phi) is 33.1. The van der Waals surface area contributed by atoms with E-state index in [-0.39, 0.29) is 6.23 Å². The Morgan fingerprint density at radius 2 is 0.526 bits per heavy atom. The molecule has 230 valence electrons. The van der Waals surface area contributed by atoms with E-state index < -0.39 is 0 Å². The Hall–Kier alpha value is -0.0800. The summed E-state index contributed by atoms with van der Waals surface area (Å²) in [4.78, 5) is 2.31. The molecule has 0 aromatic rings. The largest absolute Gasteiger partial charge is 0.379 e. The molecule has 0 aliphatic heterocycles. The topological polar surface area (TPSA) is 23.5 Å². The summed E-state index contributed by atoms with van der Waals surface area (Å²) in [6.07, 6.45) is 42.1. The summed E-state index contributed by atoms with van der Waals surface area (Å²) in [5.41, 5.74) is 0. The van der Waals surface area contributed by atoms with E-state index in [1.165, 1.54) is 193 Å². The van der Waals surface area contributed by atoms with Crippen molar-refractivity contribution in [2.45, 2.75) is 220 Å². The quantitative estimate of drug-likeness (QED) is 0.0664. The first-order chi connectivity index (χ1) is 18.7. The molecule has 1 atom stereocenters. The molecule has 1 unspecified atom stereocenters. The van der Waals surface area contributed by atoms with Crippen molar-refractivity contribution in [3.8, 4) is 0 Å². The fourth-order valence-corrected chi connectivity index (χ4v) is 5.86. The Labute approximate surface area is 242 Å². The lowest BCUT2D eigenvalue weighted by molar-refractivity contribution is 0.0163. The molecule has 2 heteroatoms. The number of unbranched alkanes of at least 4 members (excludes halogenated alkanes) is 28. The zero-order valence-corrected chi connectivity index (χ0v) is 27.1. The Balaban J connectivity index is 3.37. The van der Waals surface area contributed by atoms with Gasteiger partial charge in [0.15, 0.2) is 0 Å². The zero-order valence-electron chi connectivity index (χ0n) is 27.1. The standard InChI is InChI=1S/C36H75NO/c1-4-6-8-10-12-14-16-18-20-22-24-26-28-30-32-34-37(36(3)38)35-33-31-29-27-25-23-21-19-17-15-13-11-9-7-5-2/h36,38H,4-35H2,1-3H3. The summed E-state index contributed by atoms with van der Waals surface area (Å²) < 4.78 is 0. The molecule has 38 heavy (non-hydrogen) atoms. The van der Waals surface area contributed by atoms with Crippen molar-refractivity contribution < 1.29 is 5.11 Å². The molecule has 0 fully saturated rings. The number of nitrogens with zero attached hydrogens (tertiary/aromatic N) is 1. The average Bonchev–Trinajstić information content (AvgIpc) is 2.91. The SMILES string of the molecule is CCCCCCCCCCCCCCCCCN(CCCCCCCCCCCCCCCCC)C(C)O. The van der Waals surface area contributed by atoms with Crippen LogP contribution in [0.4, 0.5) is 0 Å². The van der Waals surface area contributed by atoms with Crippen molar-refractivity contribution in [3.05, 3.63) is 0 Å². The Morgan fingerprint density at radius 3 is 0.711 bits per heavy atom. The van der Waals surface area contributed by atoms with Crippen LogP contribution in [0.25, 0.3) is 0 Å². The number of aliphatic hydroxyl groups is 1. The van der Waals surface area contributed by atoms with Crippen LogP contribution >= 0.6 is 0 Å². The molecule has 0 aromatic heterocycles. The molecular formula is C36H75NO. The van der Waals surface area contributed by atoms with Gasteiger partial charge in [0.1, 0.15) is 6.23 Å². The highest BCUT2D eigenvalue weighted by atomic mass is 16.3. The fraction of sp³-hybridized carbons (Fsp3) is 1.00. The highest BCUT2D eigenvalue weighted by molar-refractivity contribution is 4.60. The van der Waals surface area contributed by atoms with E-state index in [1.54, 1.807) is 0 Å². The van der Waals surface area contributed by atoms with Crippen molar-refractivity contribution in [1.29, 1.82) is 0 Å². The third-order valence-electron chi connectivity index (χ3n) is 8.63. The van der Waals surface area contributed by atoms with Crippen molar-refractivity contribution in [3.63, 3.8) is 0 Å². The maximum atomic E-state index is 10.2. The predicted octanol–water partition coefficient (Wildman–Crippen LogP) is 12.4. The molecule has 0 aliphatic rings. The zero-order chi connectivity index (χ0) is 27.8. The second-order valence-electron chi connectivity index (χ2n) is 12.6. The number of rotatable bonds is 33. The van der Waals surface area contributed by atoms with Crippen LogP contribution in [0.1, 0.15) is 213 Å². The maximum Gasteiger partial charge on any atom is 0.104 e. The van der Waals surface area contributed by atoms with Crippen LogP contribution in [-0.2, 0) is 0 Å². The van der Waals surface area contributed by atoms with Crippen LogP contribution in [0.15, 0.2) is 0 Å². The molecule has 0 aliphatic carbocycles. The summed E-state index contributed by atoms with van der Waals surface area (Å²) in [5.74, 6) is 0. The molecule has 1 N–H and O–H groups in total. The van der Waals surface area contributed by atoms with Gasteiger partial charge in [0, 0.05) is 13.1 Å². The third kappa shape index (κ3) is 30.5.